The summed E-state index contributed by atoms with van der Waals surface area (Å²) in [6.45, 7) is 5.12. The molecule has 5 rings (SSSR count). The van der Waals surface area contributed by atoms with Gasteiger partial charge in [-0.3, -0.25) is 19.0 Å². The molecule has 0 bridgehead atoms. The lowest BCUT2D eigenvalue weighted by molar-refractivity contribution is 0.0869. The van der Waals surface area contributed by atoms with Crippen LogP contribution in [0.4, 0.5) is 0 Å². The predicted molar refractivity (Wildman–Crippen MR) is 103 cm³/mol. The van der Waals surface area contributed by atoms with Crippen LogP contribution in [0.15, 0.2) is 18.3 Å². The van der Waals surface area contributed by atoms with Crippen LogP contribution < -0.4 is 5.32 Å². The molecule has 7 nitrogen and oxygen atoms in total. The summed E-state index contributed by atoms with van der Waals surface area (Å²) in [4.78, 5) is 17.4. The molecule has 1 unspecified atom stereocenters. The van der Waals surface area contributed by atoms with Gasteiger partial charge in [0.2, 0.25) is 0 Å². The third kappa shape index (κ3) is 3.71. The minimum absolute atomic E-state index is 0.00388. The second kappa shape index (κ2) is 6.87. The molecule has 7 heteroatoms. The maximum absolute atomic E-state index is 12.5. The molecule has 3 heterocycles. The van der Waals surface area contributed by atoms with Gasteiger partial charge in [-0.1, -0.05) is 0 Å². The lowest BCUT2D eigenvalue weighted by Crippen LogP contribution is -2.47. The van der Waals surface area contributed by atoms with Crippen molar-refractivity contribution in [2.24, 2.45) is 11.8 Å². The fourth-order valence-electron chi connectivity index (χ4n) is 3.97. The number of hydrogen-bond donors (Lipinski definition) is 1. The number of carbonyl (C=O) groups is 1. The van der Waals surface area contributed by atoms with Crippen LogP contribution in [0.25, 0.3) is 5.65 Å². The number of hydrogen-bond acceptors (Lipinski definition) is 5. The molecule has 0 spiro atoms. The zero-order valence-electron chi connectivity index (χ0n) is 16.0. The van der Waals surface area contributed by atoms with Gasteiger partial charge in [0, 0.05) is 38.9 Å². The highest BCUT2D eigenvalue weighted by atomic mass is 16.1. The lowest BCUT2D eigenvalue weighted by Gasteiger charge is -2.38. The van der Waals surface area contributed by atoms with E-state index in [1.165, 1.54) is 32.2 Å². The molecule has 0 radical (unpaired) electrons. The molecule has 0 aromatic carbocycles. The Morgan fingerprint density at radius 2 is 1.96 bits per heavy atom. The number of pyridine rings is 1. The SMILES string of the molecule is CN1CCN(CC2CC2)CC1c1nnc2ccc(C(=O)NCC3CC3)cn12. The quantitative estimate of drug-likeness (QED) is 0.838. The maximum atomic E-state index is 12.5. The van der Waals surface area contributed by atoms with Gasteiger partial charge in [0.1, 0.15) is 0 Å². The second-order valence-electron chi connectivity index (χ2n) is 8.56. The Labute approximate surface area is 159 Å². The van der Waals surface area contributed by atoms with Gasteiger partial charge in [-0.15, -0.1) is 10.2 Å². The summed E-state index contributed by atoms with van der Waals surface area (Å²) in [7, 11) is 2.16. The van der Waals surface area contributed by atoms with Crippen molar-refractivity contribution in [1.29, 1.82) is 0 Å². The summed E-state index contributed by atoms with van der Waals surface area (Å²) in [5.41, 5.74) is 1.48. The van der Waals surface area contributed by atoms with Gasteiger partial charge in [-0.2, -0.15) is 0 Å². The fraction of sp³-hybridized carbons (Fsp3) is 0.650. The first-order chi connectivity index (χ1) is 13.2. The van der Waals surface area contributed by atoms with Crippen LogP contribution >= 0.6 is 0 Å². The van der Waals surface area contributed by atoms with Crippen LogP contribution in [0.3, 0.4) is 0 Å². The topological polar surface area (TPSA) is 65.8 Å². The van der Waals surface area contributed by atoms with Crippen molar-refractivity contribution in [2.75, 3.05) is 39.8 Å². The van der Waals surface area contributed by atoms with Crippen LogP contribution in [0.5, 0.6) is 0 Å². The molecule has 2 aromatic rings. The minimum atomic E-state index is -0.00388. The Bertz CT molecular complexity index is 840. The third-order valence-electron chi connectivity index (χ3n) is 6.18. The van der Waals surface area contributed by atoms with E-state index < -0.39 is 0 Å². The molecule has 2 saturated carbocycles. The summed E-state index contributed by atoms with van der Waals surface area (Å²) >= 11 is 0. The molecule has 1 atom stereocenters. The van der Waals surface area contributed by atoms with Gasteiger partial charge >= 0.3 is 0 Å². The predicted octanol–water partition coefficient (Wildman–Crippen LogP) is 1.57. The van der Waals surface area contributed by atoms with Crippen molar-refractivity contribution in [1.82, 2.24) is 29.7 Å². The number of piperazine rings is 1. The molecule has 1 N–H and O–H groups in total. The van der Waals surface area contributed by atoms with Crippen molar-refractivity contribution < 1.29 is 4.79 Å². The Morgan fingerprint density at radius 3 is 2.74 bits per heavy atom. The third-order valence-corrected chi connectivity index (χ3v) is 6.18. The van der Waals surface area contributed by atoms with E-state index in [1.807, 2.05) is 22.7 Å². The highest BCUT2D eigenvalue weighted by Gasteiger charge is 2.32. The van der Waals surface area contributed by atoms with Crippen LogP contribution in [-0.2, 0) is 0 Å². The number of fused-ring (bicyclic) bond motifs is 1. The van der Waals surface area contributed by atoms with Crippen LogP contribution in [0, 0.1) is 11.8 Å². The highest BCUT2D eigenvalue weighted by molar-refractivity contribution is 5.94. The van der Waals surface area contributed by atoms with E-state index in [0.29, 0.717) is 11.5 Å². The van der Waals surface area contributed by atoms with Gasteiger partial charge in [0.05, 0.1) is 11.6 Å². The molecule has 2 aromatic heterocycles. The van der Waals surface area contributed by atoms with E-state index in [2.05, 4.69) is 32.4 Å². The van der Waals surface area contributed by atoms with Crippen LogP contribution in [0.1, 0.15) is 47.9 Å². The van der Waals surface area contributed by atoms with Gasteiger partial charge in [0.15, 0.2) is 11.5 Å². The van der Waals surface area contributed by atoms with Gasteiger partial charge < -0.3 is 5.32 Å². The Kier molecular flexibility index (Phi) is 4.36. The van der Waals surface area contributed by atoms with E-state index in [9.17, 15) is 4.79 Å². The van der Waals surface area contributed by atoms with Crippen molar-refractivity contribution >= 4 is 11.6 Å². The molecule has 144 valence electrons. The number of likely N-dealkylation sites (N-methyl/N-ethyl adjacent to an activating group) is 1. The van der Waals surface area contributed by atoms with Crippen molar-refractivity contribution in [3.8, 4) is 0 Å². The molecule has 3 aliphatic rings. The minimum Gasteiger partial charge on any atom is -0.352 e. The van der Waals surface area contributed by atoms with Crippen molar-refractivity contribution in [3.05, 3.63) is 29.7 Å². The van der Waals surface area contributed by atoms with Crippen LogP contribution in [-0.4, -0.2) is 70.1 Å². The summed E-state index contributed by atoms with van der Waals surface area (Å²) in [6, 6.07) is 3.95. The zero-order valence-corrected chi connectivity index (χ0v) is 16.0. The average Bonchev–Trinajstić information content (AvgIpc) is 3.60. The Balaban J connectivity index is 1.38. The molecular formula is C20H28N6O. The normalized spacial score (nSPS) is 24.4. The number of rotatable bonds is 6. The number of carbonyl (C=O) groups excluding carboxylic acids is 1. The van der Waals surface area contributed by atoms with Gasteiger partial charge in [0.25, 0.3) is 5.91 Å². The average molecular weight is 368 g/mol. The van der Waals surface area contributed by atoms with Crippen molar-refractivity contribution in [3.63, 3.8) is 0 Å². The van der Waals surface area contributed by atoms with E-state index >= 15 is 0 Å². The number of aromatic nitrogens is 3. The summed E-state index contributed by atoms with van der Waals surface area (Å²) < 4.78 is 2.01. The van der Waals surface area contributed by atoms with E-state index in [0.717, 1.165) is 43.6 Å². The van der Waals surface area contributed by atoms with E-state index in [4.69, 9.17) is 0 Å². The smallest absolute Gasteiger partial charge is 0.252 e. The molecule has 27 heavy (non-hydrogen) atoms. The number of nitrogens with zero attached hydrogens (tertiary/aromatic N) is 5. The molecule has 3 fully saturated rings. The first-order valence-corrected chi connectivity index (χ1v) is 10.2. The first-order valence-electron chi connectivity index (χ1n) is 10.2. The lowest BCUT2D eigenvalue weighted by atomic mass is 10.1. The van der Waals surface area contributed by atoms with Crippen LogP contribution in [0.2, 0.25) is 0 Å². The number of amides is 1. The van der Waals surface area contributed by atoms with Gasteiger partial charge in [-0.25, -0.2) is 0 Å². The molecular weight excluding hydrogens is 340 g/mol. The molecule has 1 amide bonds. The Hall–Kier alpha value is -1.99. The summed E-state index contributed by atoms with van der Waals surface area (Å²) in [6.07, 6.45) is 7.13. The number of nitrogens with one attached hydrogen (secondary N) is 1. The maximum Gasteiger partial charge on any atom is 0.252 e. The monoisotopic (exact) mass is 368 g/mol. The molecule has 2 aliphatic carbocycles. The molecule has 1 aliphatic heterocycles. The zero-order chi connectivity index (χ0) is 18.4. The largest absolute Gasteiger partial charge is 0.352 e. The summed E-state index contributed by atoms with van der Waals surface area (Å²) in [5.74, 6) is 2.50. The molecule has 1 saturated heterocycles. The Morgan fingerprint density at radius 1 is 1.15 bits per heavy atom. The summed E-state index contributed by atoms with van der Waals surface area (Å²) in [5, 5.41) is 11.9. The first kappa shape index (κ1) is 17.1. The van der Waals surface area contributed by atoms with Crippen molar-refractivity contribution in [2.45, 2.75) is 31.7 Å². The highest BCUT2D eigenvalue weighted by Crippen LogP contribution is 2.32. The van der Waals surface area contributed by atoms with Gasteiger partial charge in [-0.05, 0) is 56.7 Å². The second-order valence-corrected chi connectivity index (χ2v) is 8.56. The fourth-order valence-corrected chi connectivity index (χ4v) is 3.97. The standard InChI is InChI=1S/C20H28N6O/c1-24-8-9-25(11-15-4-5-15)13-17(24)19-23-22-18-7-6-16(12-26(18)19)20(27)21-10-14-2-3-14/h6-7,12,14-15,17H,2-5,8-11,13H2,1H3,(H,21,27). The van der Waals surface area contributed by atoms with E-state index in [1.54, 1.807) is 0 Å². The van der Waals surface area contributed by atoms with E-state index in [-0.39, 0.29) is 11.9 Å².